The van der Waals surface area contributed by atoms with Gasteiger partial charge >= 0.3 is 0 Å². The van der Waals surface area contributed by atoms with Gasteiger partial charge in [-0.15, -0.1) is 0 Å². The molecule has 2 saturated heterocycles. The number of hydrogen-bond donors (Lipinski definition) is 1. The highest BCUT2D eigenvalue weighted by Gasteiger charge is 2.31. The summed E-state index contributed by atoms with van der Waals surface area (Å²) in [6, 6.07) is 0.728. The van der Waals surface area contributed by atoms with E-state index in [-0.39, 0.29) is 0 Å². The number of fused-ring (bicyclic) bond motifs is 1. The van der Waals surface area contributed by atoms with Crippen LogP contribution in [0.2, 0.25) is 0 Å². The van der Waals surface area contributed by atoms with Gasteiger partial charge in [-0.05, 0) is 32.7 Å². The quantitative estimate of drug-likeness (QED) is 0.907. The fourth-order valence-electron chi connectivity index (χ4n) is 3.50. The molecule has 2 fully saturated rings. The maximum absolute atomic E-state index is 4.59. The monoisotopic (exact) mass is 275 g/mol. The van der Waals surface area contributed by atoms with E-state index in [0.29, 0.717) is 0 Å². The number of nitrogens with one attached hydrogen (secondary N) is 1. The van der Waals surface area contributed by atoms with Crippen LogP contribution in [0.15, 0.2) is 6.33 Å². The van der Waals surface area contributed by atoms with Gasteiger partial charge in [0.05, 0.1) is 0 Å². The van der Waals surface area contributed by atoms with Crippen LogP contribution in [0.4, 0.5) is 11.6 Å². The van der Waals surface area contributed by atoms with Gasteiger partial charge in [-0.25, -0.2) is 9.97 Å². The molecule has 3 rings (SSSR count). The van der Waals surface area contributed by atoms with Crippen molar-refractivity contribution in [1.82, 2.24) is 14.9 Å². The number of rotatable bonds is 4. The first-order chi connectivity index (χ1) is 9.83. The van der Waals surface area contributed by atoms with Crippen molar-refractivity contribution < 1.29 is 0 Å². The van der Waals surface area contributed by atoms with Gasteiger partial charge < -0.3 is 10.2 Å². The highest BCUT2D eigenvalue weighted by atomic mass is 15.3. The van der Waals surface area contributed by atoms with Gasteiger partial charge in [0.15, 0.2) is 0 Å². The van der Waals surface area contributed by atoms with Crippen molar-refractivity contribution in [2.24, 2.45) is 0 Å². The van der Waals surface area contributed by atoms with Crippen molar-refractivity contribution in [1.29, 1.82) is 0 Å². The zero-order chi connectivity index (χ0) is 13.9. The van der Waals surface area contributed by atoms with E-state index in [1.54, 1.807) is 6.33 Å². The molecule has 0 amide bonds. The van der Waals surface area contributed by atoms with Crippen LogP contribution in [0, 0.1) is 0 Å². The number of anilines is 2. The predicted octanol–water partition coefficient (Wildman–Crippen LogP) is 1.76. The van der Waals surface area contributed by atoms with E-state index in [1.165, 1.54) is 31.5 Å². The molecule has 2 aliphatic heterocycles. The molecule has 2 aliphatic rings. The summed E-state index contributed by atoms with van der Waals surface area (Å²) in [5, 5.41) is 3.36. The third-order valence-corrected chi connectivity index (χ3v) is 4.51. The van der Waals surface area contributed by atoms with E-state index in [0.717, 1.165) is 43.7 Å². The SMILES string of the molecule is CCNc1ncnc(N2CCN3CCCC3C2)c1CC. The molecule has 0 aromatic carbocycles. The van der Waals surface area contributed by atoms with Gasteiger partial charge in [0.2, 0.25) is 0 Å². The van der Waals surface area contributed by atoms with Crippen molar-refractivity contribution in [3.63, 3.8) is 0 Å². The second kappa shape index (κ2) is 5.95. The minimum Gasteiger partial charge on any atom is -0.370 e. The van der Waals surface area contributed by atoms with E-state index >= 15 is 0 Å². The summed E-state index contributed by atoms with van der Waals surface area (Å²) in [7, 11) is 0. The van der Waals surface area contributed by atoms with Gasteiger partial charge in [-0.1, -0.05) is 6.92 Å². The summed E-state index contributed by atoms with van der Waals surface area (Å²) >= 11 is 0. The Bertz CT molecular complexity index is 462. The maximum atomic E-state index is 4.59. The van der Waals surface area contributed by atoms with Crippen LogP contribution in [0.1, 0.15) is 32.3 Å². The minimum absolute atomic E-state index is 0.728. The summed E-state index contributed by atoms with van der Waals surface area (Å²) in [6.45, 7) is 9.87. The molecule has 1 aromatic rings. The topological polar surface area (TPSA) is 44.3 Å². The lowest BCUT2D eigenvalue weighted by Gasteiger charge is -2.38. The normalized spacial score (nSPS) is 22.9. The highest BCUT2D eigenvalue weighted by molar-refractivity contribution is 5.59. The molecule has 3 heterocycles. The molecular weight excluding hydrogens is 250 g/mol. The van der Waals surface area contributed by atoms with Crippen molar-refractivity contribution in [2.45, 2.75) is 39.2 Å². The summed E-state index contributed by atoms with van der Waals surface area (Å²) < 4.78 is 0. The van der Waals surface area contributed by atoms with Crippen molar-refractivity contribution in [3.8, 4) is 0 Å². The van der Waals surface area contributed by atoms with Gasteiger partial charge in [0.1, 0.15) is 18.0 Å². The standard InChI is InChI=1S/C15H25N5/c1-3-13-14(16-4-2)17-11-18-15(13)20-9-8-19-7-5-6-12(19)10-20/h11-12H,3-10H2,1-2H3,(H,16,17,18). The first-order valence-electron chi connectivity index (χ1n) is 7.90. The molecule has 1 atom stereocenters. The Kier molecular flexibility index (Phi) is 4.05. The maximum Gasteiger partial charge on any atom is 0.137 e. The van der Waals surface area contributed by atoms with E-state index in [2.05, 4.69) is 38.9 Å². The van der Waals surface area contributed by atoms with Gasteiger partial charge in [0, 0.05) is 37.8 Å². The number of piperazine rings is 1. The molecule has 0 spiro atoms. The van der Waals surface area contributed by atoms with Crippen LogP contribution in [0.25, 0.3) is 0 Å². The Morgan fingerprint density at radius 1 is 1.25 bits per heavy atom. The Morgan fingerprint density at radius 2 is 2.15 bits per heavy atom. The lowest BCUT2D eigenvalue weighted by Crippen LogP contribution is -2.50. The summed E-state index contributed by atoms with van der Waals surface area (Å²) in [6.07, 6.45) is 5.37. The van der Waals surface area contributed by atoms with Crippen molar-refractivity contribution in [2.75, 3.05) is 42.9 Å². The molecule has 1 unspecified atom stereocenters. The molecule has 5 heteroatoms. The van der Waals surface area contributed by atoms with Crippen LogP contribution < -0.4 is 10.2 Å². The fourth-order valence-corrected chi connectivity index (χ4v) is 3.50. The third-order valence-electron chi connectivity index (χ3n) is 4.51. The average Bonchev–Trinajstić information content (AvgIpc) is 2.94. The van der Waals surface area contributed by atoms with Crippen LogP contribution in [0.5, 0.6) is 0 Å². The molecule has 1 N–H and O–H groups in total. The van der Waals surface area contributed by atoms with E-state index < -0.39 is 0 Å². The van der Waals surface area contributed by atoms with E-state index in [9.17, 15) is 0 Å². The molecular formula is C15H25N5. The highest BCUT2D eigenvalue weighted by Crippen LogP contribution is 2.28. The van der Waals surface area contributed by atoms with Crippen LogP contribution in [-0.2, 0) is 6.42 Å². The first kappa shape index (κ1) is 13.6. The molecule has 0 bridgehead atoms. The van der Waals surface area contributed by atoms with Crippen LogP contribution in [-0.4, -0.2) is 53.6 Å². The summed E-state index contributed by atoms with van der Waals surface area (Å²) in [4.78, 5) is 14.1. The van der Waals surface area contributed by atoms with Crippen molar-refractivity contribution in [3.05, 3.63) is 11.9 Å². The molecule has 0 saturated carbocycles. The summed E-state index contributed by atoms with van der Waals surface area (Å²) in [5.41, 5.74) is 1.26. The Morgan fingerprint density at radius 3 is 2.95 bits per heavy atom. The molecule has 110 valence electrons. The average molecular weight is 275 g/mol. The fraction of sp³-hybridized carbons (Fsp3) is 0.733. The Labute approximate surface area is 121 Å². The molecule has 0 radical (unpaired) electrons. The lowest BCUT2D eigenvalue weighted by molar-refractivity contribution is 0.230. The minimum atomic E-state index is 0.728. The number of hydrogen-bond acceptors (Lipinski definition) is 5. The third kappa shape index (κ3) is 2.46. The van der Waals surface area contributed by atoms with E-state index in [4.69, 9.17) is 0 Å². The Hall–Kier alpha value is -1.36. The number of nitrogens with zero attached hydrogens (tertiary/aromatic N) is 4. The molecule has 1 aromatic heterocycles. The second-order valence-corrected chi connectivity index (χ2v) is 5.69. The molecule has 20 heavy (non-hydrogen) atoms. The smallest absolute Gasteiger partial charge is 0.137 e. The zero-order valence-corrected chi connectivity index (χ0v) is 12.6. The van der Waals surface area contributed by atoms with Crippen LogP contribution >= 0.6 is 0 Å². The first-order valence-corrected chi connectivity index (χ1v) is 7.90. The van der Waals surface area contributed by atoms with Crippen molar-refractivity contribution >= 4 is 11.6 Å². The van der Waals surface area contributed by atoms with Gasteiger partial charge in [-0.2, -0.15) is 0 Å². The second-order valence-electron chi connectivity index (χ2n) is 5.69. The van der Waals surface area contributed by atoms with Gasteiger partial charge in [0.25, 0.3) is 0 Å². The number of aromatic nitrogens is 2. The van der Waals surface area contributed by atoms with Gasteiger partial charge in [-0.3, -0.25) is 4.90 Å². The molecule has 0 aliphatic carbocycles. The van der Waals surface area contributed by atoms with E-state index in [1.807, 2.05) is 0 Å². The predicted molar refractivity (Wildman–Crippen MR) is 82.4 cm³/mol. The zero-order valence-electron chi connectivity index (χ0n) is 12.6. The molecule has 5 nitrogen and oxygen atoms in total. The Balaban J connectivity index is 1.84. The van der Waals surface area contributed by atoms with Crippen LogP contribution in [0.3, 0.4) is 0 Å². The summed E-state index contributed by atoms with van der Waals surface area (Å²) in [5.74, 6) is 2.15. The lowest BCUT2D eigenvalue weighted by atomic mass is 10.1. The largest absolute Gasteiger partial charge is 0.370 e.